The summed E-state index contributed by atoms with van der Waals surface area (Å²) < 4.78 is 1.18. The summed E-state index contributed by atoms with van der Waals surface area (Å²) in [7, 11) is 0. The summed E-state index contributed by atoms with van der Waals surface area (Å²) in [5.74, 6) is 0.733. The van der Waals surface area contributed by atoms with Crippen molar-refractivity contribution < 1.29 is 0 Å². The molecule has 1 aliphatic heterocycles. The number of hydrogen-bond donors (Lipinski definition) is 1. The maximum Gasteiger partial charge on any atom is 0.0237 e. The smallest absolute Gasteiger partial charge is 0.0237 e. The third-order valence-corrected chi connectivity index (χ3v) is 4.45. The summed E-state index contributed by atoms with van der Waals surface area (Å²) in [5, 5.41) is 3.63. The van der Waals surface area contributed by atoms with E-state index in [0.717, 1.165) is 25.6 Å². The van der Waals surface area contributed by atoms with Gasteiger partial charge in [0.1, 0.15) is 0 Å². The second-order valence-corrected chi connectivity index (χ2v) is 7.22. The molecule has 1 atom stereocenters. The van der Waals surface area contributed by atoms with E-state index in [-0.39, 0.29) is 0 Å². The third-order valence-electron chi connectivity index (χ3n) is 3.96. The van der Waals surface area contributed by atoms with Gasteiger partial charge in [-0.3, -0.25) is 4.90 Å². The fourth-order valence-electron chi connectivity index (χ4n) is 2.91. The normalized spacial score (nSPS) is 20.5. The summed E-state index contributed by atoms with van der Waals surface area (Å²) in [5.41, 5.74) is 1.41. The van der Waals surface area contributed by atoms with Gasteiger partial charge in [-0.05, 0) is 49.5 Å². The molecule has 2 rings (SSSR count). The van der Waals surface area contributed by atoms with Gasteiger partial charge in [0, 0.05) is 23.6 Å². The molecular formula is C17H27BrN2. The molecule has 1 aliphatic rings. The van der Waals surface area contributed by atoms with Crippen LogP contribution >= 0.6 is 15.9 Å². The maximum atomic E-state index is 3.63. The van der Waals surface area contributed by atoms with Crippen molar-refractivity contribution in [3.05, 3.63) is 34.3 Å². The van der Waals surface area contributed by atoms with E-state index in [2.05, 4.69) is 64.3 Å². The van der Waals surface area contributed by atoms with Crippen LogP contribution in [0.2, 0.25) is 0 Å². The lowest BCUT2D eigenvalue weighted by molar-refractivity contribution is 0.137. The van der Waals surface area contributed by atoms with Gasteiger partial charge in [-0.2, -0.15) is 0 Å². The first-order valence-electron chi connectivity index (χ1n) is 7.84. The van der Waals surface area contributed by atoms with Gasteiger partial charge in [0.25, 0.3) is 0 Å². The molecule has 0 saturated carbocycles. The minimum Gasteiger partial charge on any atom is -0.315 e. The van der Waals surface area contributed by atoms with Crippen LogP contribution in [0, 0.1) is 5.92 Å². The van der Waals surface area contributed by atoms with E-state index in [0.29, 0.717) is 6.04 Å². The number of halogens is 1. The van der Waals surface area contributed by atoms with Crippen molar-refractivity contribution in [3.63, 3.8) is 0 Å². The Morgan fingerprint density at radius 1 is 1.35 bits per heavy atom. The van der Waals surface area contributed by atoms with Gasteiger partial charge in [-0.15, -0.1) is 0 Å². The highest BCUT2D eigenvalue weighted by molar-refractivity contribution is 9.10. The number of hydrogen-bond acceptors (Lipinski definition) is 2. The number of nitrogens with zero attached hydrogens (tertiary/aromatic N) is 1. The molecule has 0 aliphatic carbocycles. The summed E-state index contributed by atoms with van der Waals surface area (Å²) in [6.45, 7) is 9.11. The lowest BCUT2D eigenvalue weighted by Gasteiger charge is -2.36. The molecule has 0 aromatic heterocycles. The molecule has 1 saturated heterocycles. The van der Waals surface area contributed by atoms with Gasteiger partial charge in [0.15, 0.2) is 0 Å². The van der Waals surface area contributed by atoms with E-state index in [4.69, 9.17) is 0 Å². The van der Waals surface area contributed by atoms with Gasteiger partial charge in [-0.1, -0.05) is 48.3 Å². The monoisotopic (exact) mass is 338 g/mol. The van der Waals surface area contributed by atoms with E-state index in [1.165, 1.54) is 35.8 Å². The Kier molecular flexibility index (Phi) is 6.53. The zero-order valence-electron chi connectivity index (χ0n) is 12.7. The highest BCUT2D eigenvalue weighted by Crippen LogP contribution is 2.20. The Morgan fingerprint density at radius 3 is 2.95 bits per heavy atom. The predicted molar refractivity (Wildman–Crippen MR) is 89.9 cm³/mol. The quantitative estimate of drug-likeness (QED) is 0.841. The van der Waals surface area contributed by atoms with Crippen molar-refractivity contribution in [2.45, 2.75) is 45.7 Å². The first-order chi connectivity index (χ1) is 9.65. The van der Waals surface area contributed by atoms with E-state index < -0.39 is 0 Å². The second-order valence-electron chi connectivity index (χ2n) is 6.30. The maximum absolute atomic E-state index is 3.63. The molecule has 1 fully saturated rings. The molecule has 1 aromatic rings. The number of benzene rings is 1. The van der Waals surface area contributed by atoms with Gasteiger partial charge >= 0.3 is 0 Å². The first kappa shape index (κ1) is 16.0. The molecule has 1 N–H and O–H groups in total. The van der Waals surface area contributed by atoms with Gasteiger partial charge in [0.05, 0.1) is 0 Å². The van der Waals surface area contributed by atoms with Crippen LogP contribution in [-0.2, 0) is 6.54 Å². The Bertz CT molecular complexity index is 406. The van der Waals surface area contributed by atoms with Crippen LogP contribution in [0.1, 0.15) is 38.7 Å². The molecule has 1 unspecified atom stereocenters. The molecule has 0 bridgehead atoms. The molecule has 0 spiro atoms. The van der Waals surface area contributed by atoms with Crippen LogP contribution in [0.5, 0.6) is 0 Å². The topological polar surface area (TPSA) is 15.3 Å². The second kappa shape index (κ2) is 8.16. The Balaban J connectivity index is 1.89. The largest absolute Gasteiger partial charge is 0.315 e. The van der Waals surface area contributed by atoms with Crippen molar-refractivity contribution in [2.75, 3.05) is 19.6 Å². The lowest BCUT2D eigenvalue weighted by Crippen LogP contribution is -2.45. The minimum absolute atomic E-state index is 0.696. The summed E-state index contributed by atoms with van der Waals surface area (Å²) in [6, 6.07) is 9.41. The fraction of sp³-hybridized carbons (Fsp3) is 0.647. The lowest BCUT2D eigenvalue weighted by atomic mass is 10.0. The first-order valence-corrected chi connectivity index (χ1v) is 8.63. The SMILES string of the molecule is CC(C)CNCC1CCCCN1Cc1cccc(Br)c1. The molecule has 20 heavy (non-hydrogen) atoms. The third kappa shape index (κ3) is 5.19. The van der Waals surface area contributed by atoms with Crippen molar-refractivity contribution >= 4 is 15.9 Å². The van der Waals surface area contributed by atoms with E-state index in [9.17, 15) is 0 Å². The highest BCUT2D eigenvalue weighted by Gasteiger charge is 2.22. The zero-order chi connectivity index (χ0) is 14.4. The fourth-order valence-corrected chi connectivity index (χ4v) is 3.35. The molecular weight excluding hydrogens is 312 g/mol. The van der Waals surface area contributed by atoms with Crippen molar-refractivity contribution in [1.29, 1.82) is 0 Å². The van der Waals surface area contributed by atoms with Crippen molar-refractivity contribution in [2.24, 2.45) is 5.92 Å². The van der Waals surface area contributed by atoms with Crippen LogP contribution in [0.3, 0.4) is 0 Å². The van der Waals surface area contributed by atoms with E-state index in [1.807, 2.05) is 0 Å². The van der Waals surface area contributed by atoms with Crippen LogP contribution in [-0.4, -0.2) is 30.6 Å². The zero-order valence-corrected chi connectivity index (χ0v) is 14.3. The standard InChI is InChI=1S/C17H27BrN2/c1-14(2)11-19-12-17-8-3-4-9-20(17)13-15-6-5-7-16(18)10-15/h5-7,10,14,17,19H,3-4,8-9,11-13H2,1-2H3. The van der Waals surface area contributed by atoms with E-state index in [1.54, 1.807) is 0 Å². The Hall–Kier alpha value is -0.380. The molecule has 1 heterocycles. The van der Waals surface area contributed by atoms with Gasteiger partial charge < -0.3 is 5.32 Å². The van der Waals surface area contributed by atoms with Crippen LogP contribution in [0.25, 0.3) is 0 Å². The Morgan fingerprint density at radius 2 is 2.20 bits per heavy atom. The van der Waals surface area contributed by atoms with Gasteiger partial charge in [0.2, 0.25) is 0 Å². The average molecular weight is 339 g/mol. The molecule has 1 aromatic carbocycles. The summed E-state index contributed by atoms with van der Waals surface area (Å²) in [4.78, 5) is 2.65. The van der Waals surface area contributed by atoms with Crippen LogP contribution in [0.15, 0.2) is 28.7 Å². The van der Waals surface area contributed by atoms with Crippen LogP contribution in [0.4, 0.5) is 0 Å². The highest BCUT2D eigenvalue weighted by atomic mass is 79.9. The van der Waals surface area contributed by atoms with Crippen molar-refractivity contribution in [1.82, 2.24) is 10.2 Å². The van der Waals surface area contributed by atoms with Crippen LogP contribution < -0.4 is 5.32 Å². The Labute approximate surface area is 132 Å². The molecule has 2 nitrogen and oxygen atoms in total. The number of piperidine rings is 1. The van der Waals surface area contributed by atoms with E-state index >= 15 is 0 Å². The molecule has 3 heteroatoms. The minimum atomic E-state index is 0.696. The number of likely N-dealkylation sites (tertiary alicyclic amines) is 1. The average Bonchev–Trinajstić information content (AvgIpc) is 2.40. The number of rotatable bonds is 6. The predicted octanol–water partition coefficient (Wildman–Crippen LogP) is 4.05. The van der Waals surface area contributed by atoms with Crippen molar-refractivity contribution in [3.8, 4) is 0 Å². The number of nitrogens with one attached hydrogen (secondary N) is 1. The van der Waals surface area contributed by atoms with Gasteiger partial charge in [-0.25, -0.2) is 0 Å². The summed E-state index contributed by atoms with van der Waals surface area (Å²) in [6.07, 6.45) is 4.05. The molecule has 0 radical (unpaired) electrons. The summed E-state index contributed by atoms with van der Waals surface area (Å²) >= 11 is 3.57. The molecule has 112 valence electrons. The molecule has 0 amide bonds.